The first kappa shape index (κ1) is 10.4. The summed E-state index contributed by atoms with van der Waals surface area (Å²) in [7, 11) is 0. The van der Waals surface area contributed by atoms with Crippen LogP contribution in [0.5, 0.6) is 0 Å². The second kappa shape index (κ2) is 4.57. The van der Waals surface area contributed by atoms with Crippen LogP contribution in [0.25, 0.3) is 0 Å². The molecule has 0 aliphatic heterocycles. The molecule has 0 bridgehead atoms. The van der Waals surface area contributed by atoms with Crippen LogP contribution in [-0.2, 0) is 6.42 Å². The van der Waals surface area contributed by atoms with Gasteiger partial charge in [-0.3, -0.25) is 9.78 Å². The molecule has 0 amide bonds. The first-order chi connectivity index (χ1) is 7.75. The lowest BCUT2D eigenvalue weighted by molar-refractivity contribution is 0.0992. The van der Waals surface area contributed by atoms with Gasteiger partial charge in [-0.25, -0.2) is 0 Å². The van der Waals surface area contributed by atoms with Crippen molar-refractivity contribution in [3.05, 3.63) is 59.9 Å². The third kappa shape index (κ3) is 2.45. The number of Topliss-reactive ketones (excluding diaryl/α,β-unsaturated/α-hetero) is 1. The molecule has 1 aromatic carbocycles. The molecule has 0 fully saturated rings. The molecule has 0 radical (unpaired) electrons. The minimum Gasteiger partial charge on any atom is -0.399 e. The maximum Gasteiger partial charge on any atom is 0.168 e. The van der Waals surface area contributed by atoms with Crippen LogP contribution >= 0.6 is 0 Å². The average molecular weight is 212 g/mol. The largest absolute Gasteiger partial charge is 0.399 e. The van der Waals surface area contributed by atoms with Gasteiger partial charge in [0.2, 0.25) is 0 Å². The third-order valence-electron chi connectivity index (χ3n) is 2.30. The van der Waals surface area contributed by atoms with Gasteiger partial charge in [-0.1, -0.05) is 6.07 Å². The van der Waals surface area contributed by atoms with Crippen LogP contribution in [0.15, 0.2) is 48.7 Å². The zero-order valence-electron chi connectivity index (χ0n) is 8.76. The Hall–Kier alpha value is -2.16. The van der Waals surface area contributed by atoms with E-state index in [1.54, 1.807) is 30.5 Å². The molecule has 80 valence electrons. The highest BCUT2D eigenvalue weighted by molar-refractivity contribution is 5.97. The number of benzene rings is 1. The average Bonchev–Trinajstić information content (AvgIpc) is 2.31. The van der Waals surface area contributed by atoms with Crippen LogP contribution < -0.4 is 5.73 Å². The number of hydrogen-bond donors (Lipinski definition) is 1. The minimum atomic E-state index is 0.0544. The molecule has 0 spiro atoms. The van der Waals surface area contributed by atoms with Crippen molar-refractivity contribution in [1.82, 2.24) is 4.98 Å². The molecule has 2 N–H and O–H groups in total. The van der Waals surface area contributed by atoms with Crippen LogP contribution in [0.4, 0.5) is 5.69 Å². The van der Waals surface area contributed by atoms with Crippen molar-refractivity contribution < 1.29 is 4.79 Å². The van der Waals surface area contributed by atoms with Crippen molar-refractivity contribution in [2.45, 2.75) is 6.42 Å². The number of hydrogen-bond acceptors (Lipinski definition) is 3. The van der Waals surface area contributed by atoms with E-state index in [-0.39, 0.29) is 5.78 Å². The number of ketones is 1. The predicted molar refractivity (Wildman–Crippen MR) is 63.1 cm³/mol. The minimum absolute atomic E-state index is 0.0544. The monoisotopic (exact) mass is 212 g/mol. The van der Waals surface area contributed by atoms with Gasteiger partial charge in [0.15, 0.2) is 5.78 Å². The van der Waals surface area contributed by atoms with E-state index in [0.29, 0.717) is 17.7 Å². The maximum absolute atomic E-state index is 11.8. The SMILES string of the molecule is Nc1ccc(C(=O)Cc2ccccn2)cc1. The van der Waals surface area contributed by atoms with Crippen LogP contribution in [0.3, 0.4) is 0 Å². The van der Waals surface area contributed by atoms with Gasteiger partial charge in [-0.05, 0) is 36.4 Å². The van der Waals surface area contributed by atoms with Gasteiger partial charge < -0.3 is 5.73 Å². The van der Waals surface area contributed by atoms with E-state index in [1.807, 2.05) is 18.2 Å². The maximum atomic E-state index is 11.8. The number of pyridine rings is 1. The second-order valence-corrected chi connectivity index (χ2v) is 3.54. The van der Waals surface area contributed by atoms with E-state index in [4.69, 9.17) is 5.73 Å². The van der Waals surface area contributed by atoms with Crippen molar-refractivity contribution in [3.8, 4) is 0 Å². The van der Waals surface area contributed by atoms with Crippen molar-refractivity contribution in [1.29, 1.82) is 0 Å². The summed E-state index contributed by atoms with van der Waals surface area (Å²) in [4.78, 5) is 16.0. The summed E-state index contributed by atoms with van der Waals surface area (Å²) in [5.41, 5.74) is 7.67. The second-order valence-electron chi connectivity index (χ2n) is 3.54. The first-order valence-corrected chi connectivity index (χ1v) is 5.04. The molecule has 0 aliphatic carbocycles. The first-order valence-electron chi connectivity index (χ1n) is 5.04. The van der Waals surface area contributed by atoms with Gasteiger partial charge in [-0.15, -0.1) is 0 Å². The van der Waals surface area contributed by atoms with E-state index in [9.17, 15) is 4.79 Å². The number of nitrogen functional groups attached to an aromatic ring is 1. The number of carbonyl (C=O) groups is 1. The molecule has 0 atom stereocenters. The predicted octanol–water partition coefficient (Wildman–Crippen LogP) is 2.09. The Labute approximate surface area is 93.9 Å². The quantitative estimate of drug-likeness (QED) is 0.626. The molecule has 0 unspecified atom stereocenters. The summed E-state index contributed by atoms with van der Waals surface area (Å²) >= 11 is 0. The number of nitrogens with two attached hydrogens (primary N) is 1. The summed E-state index contributed by atoms with van der Waals surface area (Å²) in [6.45, 7) is 0. The summed E-state index contributed by atoms with van der Waals surface area (Å²) in [6.07, 6.45) is 2.01. The number of anilines is 1. The Morgan fingerprint density at radius 3 is 2.50 bits per heavy atom. The molecule has 1 heterocycles. The van der Waals surface area contributed by atoms with E-state index in [0.717, 1.165) is 5.69 Å². The number of aromatic nitrogens is 1. The van der Waals surface area contributed by atoms with Gasteiger partial charge in [-0.2, -0.15) is 0 Å². The topological polar surface area (TPSA) is 56.0 Å². The normalized spacial score (nSPS) is 10.0. The molecular formula is C13H12N2O. The molecule has 1 aromatic heterocycles. The molecule has 0 saturated carbocycles. The number of carbonyl (C=O) groups excluding carboxylic acids is 1. The van der Waals surface area contributed by atoms with Crippen LogP contribution in [-0.4, -0.2) is 10.8 Å². The van der Waals surface area contributed by atoms with Gasteiger partial charge >= 0.3 is 0 Å². The van der Waals surface area contributed by atoms with Gasteiger partial charge in [0.05, 0.1) is 6.42 Å². The fourth-order valence-corrected chi connectivity index (χ4v) is 1.44. The molecule has 3 heteroatoms. The summed E-state index contributed by atoms with van der Waals surface area (Å²) in [5.74, 6) is 0.0544. The smallest absolute Gasteiger partial charge is 0.168 e. The lowest BCUT2D eigenvalue weighted by Gasteiger charge is -2.01. The highest BCUT2D eigenvalue weighted by Crippen LogP contribution is 2.08. The van der Waals surface area contributed by atoms with Crippen molar-refractivity contribution in [2.75, 3.05) is 5.73 Å². The summed E-state index contributed by atoms with van der Waals surface area (Å²) < 4.78 is 0. The van der Waals surface area contributed by atoms with Crippen molar-refractivity contribution in [2.24, 2.45) is 0 Å². The summed E-state index contributed by atoms with van der Waals surface area (Å²) in [6, 6.07) is 12.5. The third-order valence-corrected chi connectivity index (χ3v) is 2.30. The Bertz CT molecular complexity index is 477. The fourth-order valence-electron chi connectivity index (χ4n) is 1.44. The van der Waals surface area contributed by atoms with Gasteiger partial charge in [0.25, 0.3) is 0 Å². The molecule has 2 aromatic rings. The zero-order chi connectivity index (χ0) is 11.4. The Morgan fingerprint density at radius 1 is 1.12 bits per heavy atom. The lowest BCUT2D eigenvalue weighted by atomic mass is 10.1. The molecule has 0 saturated heterocycles. The number of nitrogens with zero attached hydrogens (tertiary/aromatic N) is 1. The highest BCUT2D eigenvalue weighted by atomic mass is 16.1. The van der Waals surface area contributed by atoms with Crippen LogP contribution in [0, 0.1) is 0 Å². The highest BCUT2D eigenvalue weighted by Gasteiger charge is 2.06. The Kier molecular flexibility index (Phi) is 2.96. The zero-order valence-corrected chi connectivity index (χ0v) is 8.76. The molecule has 0 aliphatic rings. The summed E-state index contributed by atoms with van der Waals surface area (Å²) in [5, 5.41) is 0. The lowest BCUT2D eigenvalue weighted by Crippen LogP contribution is -2.04. The van der Waals surface area contributed by atoms with Crippen LogP contribution in [0.2, 0.25) is 0 Å². The standard InChI is InChI=1S/C13H12N2O/c14-11-6-4-10(5-7-11)13(16)9-12-3-1-2-8-15-12/h1-8H,9,14H2. The molecule has 16 heavy (non-hydrogen) atoms. The fraction of sp³-hybridized carbons (Fsp3) is 0.0769. The van der Waals surface area contributed by atoms with Crippen molar-refractivity contribution >= 4 is 11.5 Å². The molecule has 2 rings (SSSR count). The van der Waals surface area contributed by atoms with Gasteiger partial charge in [0.1, 0.15) is 0 Å². The van der Waals surface area contributed by atoms with Gasteiger partial charge in [0, 0.05) is 23.1 Å². The van der Waals surface area contributed by atoms with Crippen LogP contribution in [0.1, 0.15) is 16.1 Å². The number of rotatable bonds is 3. The van der Waals surface area contributed by atoms with E-state index in [2.05, 4.69) is 4.98 Å². The molecular weight excluding hydrogens is 200 g/mol. The van der Waals surface area contributed by atoms with E-state index < -0.39 is 0 Å². The Morgan fingerprint density at radius 2 is 1.88 bits per heavy atom. The van der Waals surface area contributed by atoms with Crippen molar-refractivity contribution in [3.63, 3.8) is 0 Å². The Balaban J connectivity index is 2.12. The van der Waals surface area contributed by atoms with E-state index in [1.165, 1.54) is 0 Å². The molecule has 3 nitrogen and oxygen atoms in total. The van der Waals surface area contributed by atoms with E-state index >= 15 is 0 Å².